The summed E-state index contributed by atoms with van der Waals surface area (Å²) in [7, 11) is 0. The van der Waals surface area contributed by atoms with Gasteiger partial charge in [-0.1, -0.05) is 32.4 Å². The standard InChI is InChI=1S/C10H18O/c1-5-9(4)7-10(11)6-8(2)3/h9H,2,5-7H2,1,3-4H3. The molecule has 0 saturated carbocycles. The molecule has 0 radical (unpaired) electrons. The van der Waals surface area contributed by atoms with Gasteiger partial charge in [0.15, 0.2) is 0 Å². The Labute approximate surface area is 69.5 Å². The van der Waals surface area contributed by atoms with Gasteiger partial charge in [-0.25, -0.2) is 0 Å². The van der Waals surface area contributed by atoms with E-state index in [-0.39, 0.29) is 0 Å². The third-order valence-electron chi connectivity index (χ3n) is 1.77. The van der Waals surface area contributed by atoms with E-state index in [9.17, 15) is 4.79 Å². The molecule has 0 rings (SSSR count). The summed E-state index contributed by atoms with van der Waals surface area (Å²) in [6.45, 7) is 9.82. The Hall–Kier alpha value is -0.590. The first-order valence-corrected chi connectivity index (χ1v) is 4.22. The van der Waals surface area contributed by atoms with Gasteiger partial charge < -0.3 is 0 Å². The van der Waals surface area contributed by atoms with E-state index in [1.165, 1.54) is 0 Å². The molecule has 0 aliphatic heterocycles. The fourth-order valence-electron chi connectivity index (χ4n) is 0.942. The lowest BCUT2D eigenvalue weighted by atomic mass is 9.99. The molecule has 0 bridgehead atoms. The van der Waals surface area contributed by atoms with Gasteiger partial charge in [0, 0.05) is 12.8 Å². The lowest BCUT2D eigenvalue weighted by Crippen LogP contribution is -2.04. The van der Waals surface area contributed by atoms with Crippen molar-refractivity contribution in [1.82, 2.24) is 0 Å². The Balaban J connectivity index is 3.60. The van der Waals surface area contributed by atoms with Gasteiger partial charge >= 0.3 is 0 Å². The van der Waals surface area contributed by atoms with E-state index in [0.29, 0.717) is 24.5 Å². The number of hydrogen-bond donors (Lipinski definition) is 0. The van der Waals surface area contributed by atoms with E-state index in [2.05, 4.69) is 20.4 Å². The average molecular weight is 154 g/mol. The van der Waals surface area contributed by atoms with Crippen molar-refractivity contribution in [3.63, 3.8) is 0 Å². The Morgan fingerprint density at radius 1 is 1.55 bits per heavy atom. The zero-order chi connectivity index (χ0) is 8.85. The smallest absolute Gasteiger partial charge is 0.137 e. The molecule has 0 aliphatic rings. The molecule has 0 aromatic carbocycles. The summed E-state index contributed by atoms with van der Waals surface area (Å²) in [6.07, 6.45) is 2.36. The Morgan fingerprint density at radius 2 is 2.09 bits per heavy atom. The number of hydrogen-bond acceptors (Lipinski definition) is 1. The lowest BCUT2D eigenvalue weighted by molar-refractivity contribution is -0.119. The number of carbonyl (C=O) groups is 1. The fraction of sp³-hybridized carbons (Fsp3) is 0.700. The minimum absolute atomic E-state index is 0.326. The van der Waals surface area contributed by atoms with Crippen LogP contribution < -0.4 is 0 Å². The highest BCUT2D eigenvalue weighted by atomic mass is 16.1. The molecule has 0 fully saturated rings. The van der Waals surface area contributed by atoms with Crippen LogP contribution in [-0.4, -0.2) is 5.78 Å². The van der Waals surface area contributed by atoms with Gasteiger partial charge in [-0.05, 0) is 12.8 Å². The predicted molar refractivity (Wildman–Crippen MR) is 48.5 cm³/mol. The minimum Gasteiger partial charge on any atom is -0.299 e. The first-order valence-electron chi connectivity index (χ1n) is 4.22. The van der Waals surface area contributed by atoms with E-state index in [0.717, 1.165) is 12.0 Å². The van der Waals surface area contributed by atoms with E-state index in [1.807, 2.05) is 6.92 Å². The maximum absolute atomic E-state index is 11.2. The first kappa shape index (κ1) is 10.4. The van der Waals surface area contributed by atoms with Gasteiger partial charge in [-0.2, -0.15) is 0 Å². The van der Waals surface area contributed by atoms with Crippen molar-refractivity contribution in [2.45, 2.75) is 40.0 Å². The van der Waals surface area contributed by atoms with E-state index < -0.39 is 0 Å². The van der Waals surface area contributed by atoms with Gasteiger partial charge in [-0.15, -0.1) is 0 Å². The third kappa shape index (κ3) is 5.84. The van der Waals surface area contributed by atoms with Crippen LogP contribution in [-0.2, 0) is 4.79 Å². The van der Waals surface area contributed by atoms with Gasteiger partial charge in [-0.3, -0.25) is 4.79 Å². The van der Waals surface area contributed by atoms with Crippen LogP contribution in [0, 0.1) is 5.92 Å². The maximum Gasteiger partial charge on any atom is 0.137 e. The average Bonchev–Trinajstić information content (AvgIpc) is 1.85. The van der Waals surface area contributed by atoms with Crippen LogP contribution >= 0.6 is 0 Å². The molecule has 0 saturated heterocycles. The third-order valence-corrected chi connectivity index (χ3v) is 1.77. The molecule has 0 aliphatic carbocycles. The summed E-state index contributed by atoms with van der Waals surface area (Å²) in [5, 5.41) is 0. The maximum atomic E-state index is 11.2. The Bertz CT molecular complexity index is 147. The molecule has 1 atom stereocenters. The van der Waals surface area contributed by atoms with E-state index in [4.69, 9.17) is 0 Å². The Morgan fingerprint density at radius 3 is 2.45 bits per heavy atom. The van der Waals surface area contributed by atoms with Crippen LogP contribution in [0.25, 0.3) is 0 Å². The van der Waals surface area contributed by atoms with Crippen LogP contribution in [0.15, 0.2) is 12.2 Å². The van der Waals surface area contributed by atoms with Gasteiger partial charge in [0.2, 0.25) is 0 Å². The highest BCUT2D eigenvalue weighted by molar-refractivity contribution is 5.80. The number of Topliss-reactive ketones (excluding diaryl/α,β-unsaturated/α-hetero) is 1. The van der Waals surface area contributed by atoms with Gasteiger partial charge in [0.25, 0.3) is 0 Å². The van der Waals surface area contributed by atoms with Crippen LogP contribution in [0.2, 0.25) is 0 Å². The van der Waals surface area contributed by atoms with E-state index >= 15 is 0 Å². The zero-order valence-corrected chi connectivity index (χ0v) is 7.81. The van der Waals surface area contributed by atoms with Crippen LogP contribution in [0.4, 0.5) is 0 Å². The number of carbonyl (C=O) groups excluding carboxylic acids is 1. The highest BCUT2D eigenvalue weighted by Gasteiger charge is 2.06. The van der Waals surface area contributed by atoms with Crippen LogP contribution in [0.1, 0.15) is 40.0 Å². The summed E-state index contributed by atoms with van der Waals surface area (Å²) in [4.78, 5) is 11.2. The molecule has 64 valence electrons. The molecule has 1 heteroatoms. The molecule has 11 heavy (non-hydrogen) atoms. The number of rotatable bonds is 5. The summed E-state index contributed by atoms with van der Waals surface area (Å²) in [6, 6.07) is 0. The van der Waals surface area contributed by atoms with Crippen molar-refractivity contribution in [3.8, 4) is 0 Å². The van der Waals surface area contributed by atoms with Crippen molar-refractivity contribution in [3.05, 3.63) is 12.2 Å². The Kier molecular flexibility index (Phi) is 4.84. The normalized spacial score (nSPS) is 12.6. The molecule has 1 unspecified atom stereocenters. The minimum atomic E-state index is 0.326. The largest absolute Gasteiger partial charge is 0.299 e. The first-order chi connectivity index (χ1) is 5.06. The van der Waals surface area contributed by atoms with Crippen molar-refractivity contribution in [1.29, 1.82) is 0 Å². The highest BCUT2D eigenvalue weighted by Crippen LogP contribution is 2.10. The second-order valence-corrected chi connectivity index (χ2v) is 3.39. The van der Waals surface area contributed by atoms with Crippen LogP contribution in [0.5, 0.6) is 0 Å². The molecule has 1 nitrogen and oxygen atoms in total. The topological polar surface area (TPSA) is 17.1 Å². The molecule has 0 heterocycles. The number of allylic oxidation sites excluding steroid dienone is 1. The summed E-state index contributed by atoms with van der Waals surface area (Å²) < 4.78 is 0. The molecule has 0 N–H and O–H groups in total. The molecule has 0 amide bonds. The van der Waals surface area contributed by atoms with Crippen molar-refractivity contribution in [2.75, 3.05) is 0 Å². The number of ketones is 1. The quantitative estimate of drug-likeness (QED) is 0.556. The lowest BCUT2D eigenvalue weighted by Gasteiger charge is -2.06. The second kappa shape index (κ2) is 5.11. The van der Waals surface area contributed by atoms with Crippen molar-refractivity contribution >= 4 is 5.78 Å². The molecular formula is C10H18O. The van der Waals surface area contributed by atoms with Crippen molar-refractivity contribution in [2.24, 2.45) is 5.92 Å². The molecule has 0 spiro atoms. The molecule has 0 aromatic heterocycles. The zero-order valence-electron chi connectivity index (χ0n) is 7.81. The second-order valence-electron chi connectivity index (χ2n) is 3.39. The monoisotopic (exact) mass is 154 g/mol. The molecule has 0 aromatic rings. The fourth-order valence-corrected chi connectivity index (χ4v) is 0.942. The van der Waals surface area contributed by atoms with E-state index in [1.54, 1.807) is 0 Å². The summed E-state index contributed by atoms with van der Waals surface area (Å²) in [5.41, 5.74) is 0.971. The van der Waals surface area contributed by atoms with Gasteiger partial charge in [0.1, 0.15) is 5.78 Å². The summed E-state index contributed by atoms with van der Waals surface area (Å²) in [5.74, 6) is 0.855. The van der Waals surface area contributed by atoms with Crippen LogP contribution in [0.3, 0.4) is 0 Å². The SMILES string of the molecule is C=C(C)CC(=O)CC(C)CC. The summed E-state index contributed by atoms with van der Waals surface area (Å²) >= 11 is 0. The molecular weight excluding hydrogens is 136 g/mol. The van der Waals surface area contributed by atoms with Crippen molar-refractivity contribution < 1.29 is 4.79 Å². The predicted octanol–water partition coefficient (Wildman–Crippen LogP) is 2.96. The van der Waals surface area contributed by atoms with Gasteiger partial charge in [0.05, 0.1) is 0 Å².